The van der Waals surface area contributed by atoms with Gasteiger partial charge in [0.15, 0.2) is 0 Å². The number of ether oxygens (including phenoxy) is 1. The molecule has 0 heterocycles. The van der Waals surface area contributed by atoms with Crippen LogP contribution in [-0.4, -0.2) is 41.6 Å². The van der Waals surface area contributed by atoms with Crippen LogP contribution in [0.25, 0.3) is 0 Å². The number of methoxy groups -OCH3 is 1. The van der Waals surface area contributed by atoms with Crippen molar-refractivity contribution in [2.45, 2.75) is 11.3 Å². The standard InChI is InChI=1S/C18H23N3O4S/c1-19-11-4-12-20-18(22)14-5-3-6-17(13-14)26(23,24)21-15-7-9-16(25-2)10-8-15/h3,5-10,13,19,21H,4,11-12H2,1-2H3,(H,20,22). The van der Waals surface area contributed by atoms with Gasteiger partial charge in [0.25, 0.3) is 15.9 Å². The van der Waals surface area contributed by atoms with E-state index in [1.165, 1.54) is 19.2 Å². The molecule has 2 rings (SSSR count). The summed E-state index contributed by atoms with van der Waals surface area (Å²) in [5.74, 6) is 0.326. The van der Waals surface area contributed by atoms with Gasteiger partial charge in [-0.25, -0.2) is 8.42 Å². The van der Waals surface area contributed by atoms with Crippen LogP contribution in [0.2, 0.25) is 0 Å². The summed E-state index contributed by atoms with van der Waals surface area (Å²) >= 11 is 0. The number of benzene rings is 2. The van der Waals surface area contributed by atoms with E-state index in [1.54, 1.807) is 36.4 Å². The first-order valence-corrected chi connectivity index (χ1v) is 9.64. The van der Waals surface area contributed by atoms with Crippen molar-refractivity contribution in [2.75, 3.05) is 32.0 Å². The van der Waals surface area contributed by atoms with Gasteiger partial charge in [0.2, 0.25) is 0 Å². The Labute approximate surface area is 153 Å². The van der Waals surface area contributed by atoms with Crippen LogP contribution < -0.4 is 20.1 Å². The highest BCUT2D eigenvalue weighted by molar-refractivity contribution is 7.92. The molecule has 0 aliphatic rings. The van der Waals surface area contributed by atoms with Gasteiger partial charge >= 0.3 is 0 Å². The predicted molar refractivity (Wildman–Crippen MR) is 101 cm³/mol. The van der Waals surface area contributed by atoms with Gasteiger partial charge in [-0.3, -0.25) is 9.52 Å². The van der Waals surface area contributed by atoms with Crippen molar-refractivity contribution in [3.8, 4) is 5.75 Å². The maximum Gasteiger partial charge on any atom is 0.261 e. The van der Waals surface area contributed by atoms with E-state index in [9.17, 15) is 13.2 Å². The number of carbonyl (C=O) groups excluding carboxylic acids is 1. The summed E-state index contributed by atoms with van der Waals surface area (Å²) in [6, 6.07) is 12.5. The van der Waals surface area contributed by atoms with Crippen molar-refractivity contribution >= 4 is 21.6 Å². The minimum atomic E-state index is -3.80. The van der Waals surface area contributed by atoms with E-state index < -0.39 is 10.0 Å². The van der Waals surface area contributed by atoms with Gasteiger partial charge in [-0.2, -0.15) is 0 Å². The SMILES string of the molecule is CNCCCNC(=O)c1cccc(S(=O)(=O)Nc2ccc(OC)cc2)c1. The average molecular weight is 377 g/mol. The smallest absolute Gasteiger partial charge is 0.261 e. The van der Waals surface area contributed by atoms with Crippen molar-refractivity contribution in [3.05, 3.63) is 54.1 Å². The summed E-state index contributed by atoms with van der Waals surface area (Å²) in [6.45, 7) is 1.31. The third-order valence-electron chi connectivity index (χ3n) is 3.64. The highest BCUT2D eigenvalue weighted by Crippen LogP contribution is 2.20. The Morgan fingerprint density at radius 2 is 1.81 bits per heavy atom. The lowest BCUT2D eigenvalue weighted by Crippen LogP contribution is -2.26. The summed E-state index contributed by atoms with van der Waals surface area (Å²) in [5.41, 5.74) is 0.708. The minimum absolute atomic E-state index is 0.0243. The van der Waals surface area contributed by atoms with Crippen LogP contribution in [-0.2, 0) is 10.0 Å². The maximum atomic E-state index is 12.5. The van der Waals surface area contributed by atoms with Gasteiger partial charge in [-0.15, -0.1) is 0 Å². The zero-order chi connectivity index (χ0) is 19.0. The topological polar surface area (TPSA) is 96.5 Å². The van der Waals surface area contributed by atoms with E-state index in [4.69, 9.17) is 4.74 Å². The molecule has 0 saturated carbocycles. The normalized spacial score (nSPS) is 11.0. The minimum Gasteiger partial charge on any atom is -0.497 e. The summed E-state index contributed by atoms with van der Waals surface area (Å²) in [7, 11) is -0.423. The van der Waals surface area contributed by atoms with Crippen LogP contribution in [0.1, 0.15) is 16.8 Å². The van der Waals surface area contributed by atoms with Crippen LogP contribution in [0.4, 0.5) is 5.69 Å². The van der Waals surface area contributed by atoms with E-state index in [1.807, 2.05) is 7.05 Å². The molecule has 2 aromatic carbocycles. The molecule has 7 nitrogen and oxygen atoms in total. The highest BCUT2D eigenvalue weighted by Gasteiger charge is 2.16. The van der Waals surface area contributed by atoms with E-state index in [0.29, 0.717) is 23.5 Å². The van der Waals surface area contributed by atoms with Crippen LogP contribution in [0.5, 0.6) is 5.75 Å². The van der Waals surface area contributed by atoms with E-state index in [0.717, 1.165) is 13.0 Å². The van der Waals surface area contributed by atoms with Crippen molar-refractivity contribution in [1.29, 1.82) is 0 Å². The number of hydrogen-bond donors (Lipinski definition) is 3. The molecule has 2 aromatic rings. The molecule has 0 fully saturated rings. The maximum absolute atomic E-state index is 12.5. The fraction of sp³-hybridized carbons (Fsp3) is 0.278. The molecule has 0 aliphatic heterocycles. The fourth-order valence-corrected chi connectivity index (χ4v) is 3.35. The molecule has 0 radical (unpaired) electrons. The first-order valence-electron chi connectivity index (χ1n) is 8.16. The van der Waals surface area contributed by atoms with Gasteiger partial charge in [-0.05, 0) is 62.5 Å². The average Bonchev–Trinajstić information content (AvgIpc) is 2.65. The highest BCUT2D eigenvalue weighted by atomic mass is 32.2. The zero-order valence-corrected chi connectivity index (χ0v) is 15.6. The molecule has 0 bridgehead atoms. The first kappa shape index (κ1) is 19.7. The molecule has 1 amide bonds. The van der Waals surface area contributed by atoms with Crippen molar-refractivity contribution < 1.29 is 17.9 Å². The molecule has 0 atom stereocenters. The van der Waals surface area contributed by atoms with E-state index in [-0.39, 0.29) is 10.8 Å². The number of amides is 1. The predicted octanol–water partition coefficient (Wildman–Crippen LogP) is 1.84. The molecular formula is C18H23N3O4S. The molecular weight excluding hydrogens is 354 g/mol. The quantitative estimate of drug-likeness (QED) is 0.580. The van der Waals surface area contributed by atoms with Crippen molar-refractivity contribution in [2.24, 2.45) is 0 Å². The third-order valence-corrected chi connectivity index (χ3v) is 5.02. The Morgan fingerprint density at radius 3 is 2.46 bits per heavy atom. The van der Waals surface area contributed by atoms with Crippen LogP contribution in [0.3, 0.4) is 0 Å². The van der Waals surface area contributed by atoms with Gasteiger partial charge in [-0.1, -0.05) is 6.07 Å². The molecule has 140 valence electrons. The lowest BCUT2D eigenvalue weighted by atomic mass is 10.2. The number of rotatable bonds is 9. The van der Waals surface area contributed by atoms with Crippen molar-refractivity contribution in [1.82, 2.24) is 10.6 Å². The molecule has 0 aliphatic carbocycles. The van der Waals surface area contributed by atoms with Gasteiger partial charge in [0.05, 0.1) is 12.0 Å². The third kappa shape index (κ3) is 5.47. The van der Waals surface area contributed by atoms with Gasteiger partial charge in [0, 0.05) is 17.8 Å². The molecule has 3 N–H and O–H groups in total. The van der Waals surface area contributed by atoms with Crippen LogP contribution in [0, 0.1) is 0 Å². The largest absolute Gasteiger partial charge is 0.497 e. The molecule has 0 aromatic heterocycles. The molecule has 26 heavy (non-hydrogen) atoms. The number of anilines is 1. The second-order valence-electron chi connectivity index (χ2n) is 5.57. The number of carbonyl (C=O) groups is 1. The summed E-state index contributed by atoms with van der Waals surface area (Å²) < 4.78 is 32.6. The Balaban J connectivity index is 2.10. The Bertz CT molecular complexity index is 836. The fourth-order valence-electron chi connectivity index (χ4n) is 2.25. The summed E-state index contributed by atoms with van der Waals surface area (Å²) in [4.78, 5) is 12.2. The molecule has 0 saturated heterocycles. The van der Waals surface area contributed by atoms with Gasteiger partial charge in [0.1, 0.15) is 5.75 Å². The second-order valence-corrected chi connectivity index (χ2v) is 7.26. The van der Waals surface area contributed by atoms with Crippen LogP contribution >= 0.6 is 0 Å². The molecule has 8 heteroatoms. The number of sulfonamides is 1. The summed E-state index contributed by atoms with van der Waals surface area (Å²) in [5, 5.41) is 5.76. The zero-order valence-electron chi connectivity index (χ0n) is 14.8. The second kappa shape index (κ2) is 9.21. The monoisotopic (exact) mass is 377 g/mol. The Kier molecular flexibility index (Phi) is 6.99. The molecule has 0 spiro atoms. The van der Waals surface area contributed by atoms with E-state index >= 15 is 0 Å². The molecule has 0 unspecified atom stereocenters. The summed E-state index contributed by atoms with van der Waals surface area (Å²) in [6.07, 6.45) is 0.791. The lowest BCUT2D eigenvalue weighted by Gasteiger charge is -2.10. The van der Waals surface area contributed by atoms with Crippen LogP contribution in [0.15, 0.2) is 53.4 Å². The first-order chi connectivity index (χ1) is 12.5. The Hall–Kier alpha value is -2.58. The number of nitrogens with one attached hydrogen (secondary N) is 3. The Morgan fingerprint density at radius 1 is 1.08 bits per heavy atom. The van der Waals surface area contributed by atoms with Gasteiger partial charge < -0.3 is 15.4 Å². The number of hydrogen-bond acceptors (Lipinski definition) is 5. The lowest BCUT2D eigenvalue weighted by molar-refractivity contribution is 0.0953. The van der Waals surface area contributed by atoms with Crippen molar-refractivity contribution in [3.63, 3.8) is 0 Å². The van der Waals surface area contributed by atoms with E-state index in [2.05, 4.69) is 15.4 Å².